The fourth-order valence-electron chi connectivity index (χ4n) is 3.05. The number of thiophene rings is 2. The molecule has 4 rings (SSSR count). The van der Waals surface area contributed by atoms with Gasteiger partial charge in [0.15, 0.2) is 0 Å². The number of nitrogens with zero attached hydrogens (tertiary/aromatic N) is 1. The highest BCUT2D eigenvalue weighted by Crippen LogP contribution is 2.41. The van der Waals surface area contributed by atoms with Crippen molar-refractivity contribution in [1.29, 1.82) is 0 Å². The first-order chi connectivity index (χ1) is 10.1. The van der Waals surface area contributed by atoms with Gasteiger partial charge >= 0.3 is 0 Å². The minimum Gasteiger partial charge on any atom is -0.352 e. The van der Waals surface area contributed by atoms with Gasteiger partial charge in [-0.3, -0.25) is 4.79 Å². The van der Waals surface area contributed by atoms with Crippen LogP contribution in [-0.2, 0) is 13.0 Å². The molecule has 2 N–H and O–H groups in total. The van der Waals surface area contributed by atoms with E-state index in [0.717, 1.165) is 30.1 Å². The zero-order valence-corrected chi connectivity index (χ0v) is 13.7. The number of nitrogens with one attached hydrogen (secondary N) is 2. The van der Waals surface area contributed by atoms with E-state index < -0.39 is 0 Å². The van der Waals surface area contributed by atoms with Gasteiger partial charge in [0, 0.05) is 22.8 Å². The second-order valence-electron chi connectivity index (χ2n) is 5.71. The number of rotatable bonds is 1. The van der Waals surface area contributed by atoms with Gasteiger partial charge in [-0.25, -0.2) is 0 Å². The van der Waals surface area contributed by atoms with Crippen molar-refractivity contribution < 1.29 is 4.79 Å². The van der Waals surface area contributed by atoms with Gasteiger partial charge in [-0.1, -0.05) is 0 Å². The molecular formula is C15H17N3OS2. The van der Waals surface area contributed by atoms with Crippen molar-refractivity contribution in [2.24, 2.45) is 0 Å². The Morgan fingerprint density at radius 3 is 3.00 bits per heavy atom. The molecule has 4 nitrogen and oxygen atoms in total. The Kier molecular flexibility index (Phi) is 3.06. The predicted octanol–water partition coefficient (Wildman–Crippen LogP) is 2.96. The third-order valence-corrected chi connectivity index (χ3v) is 6.42. The van der Waals surface area contributed by atoms with Crippen LogP contribution in [0.3, 0.4) is 0 Å². The number of aryl methyl sites for hydroxylation is 1. The normalized spacial score (nSPS) is 21.4. The predicted molar refractivity (Wildman–Crippen MR) is 87.2 cm³/mol. The molecule has 110 valence electrons. The molecule has 0 fully saturated rings. The van der Waals surface area contributed by atoms with Crippen LogP contribution in [0.15, 0.2) is 11.4 Å². The third kappa shape index (κ3) is 2.09. The molecule has 2 aromatic rings. The average Bonchev–Trinajstić information content (AvgIpc) is 3.01. The molecule has 2 aliphatic rings. The Balaban J connectivity index is 1.73. The molecule has 0 saturated heterocycles. The van der Waals surface area contributed by atoms with Crippen LogP contribution in [0.4, 0.5) is 5.00 Å². The highest BCUT2D eigenvalue weighted by molar-refractivity contribution is 7.16. The second kappa shape index (κ2) is 4.83. The Morgan fingerprint density at radius 1 is 1.38 bits per heavy atom. The van der Waals surface area contributed by atoms with Gasteiger partial charge in [0.2, 0.25) is 0 Å². The first-order valence-corrected chi connectivity index (χ1v) is 8.77. The molecule has 4 heterocycles. The average molecular weight is 319 g/mol. The van der Waals surface area contributed by atoms with Crippen LogP contribution in [0.5, 0.6) is 0 Å². The highest BCUT2D eigenvalue weighted by atomic mass is 32.1. The summed E-state index contributed by atoms with van der Waals surface area (Å²) in [4.78, 5) is 17.4. The summed E-state index contributed by atoms with van der Waals surface area (Å²) in [5.74, 6) is 0.0728. The first-order valence-electron chi connectivity index (χ1n) is 7.08. The van der Waals surface area contributed by atoms with Crippen molar-refractivity contribution in [1.82, 2.24) is 10.2 Å². The van der Waals surface area contributed by atoms with Crippen molar-refractivity contribution >= 4 is 33.6 Å². The molecule has 0 radical (unpaired) electrons. The second-order valence-corrected chi connectivity index (χ2v) is 7.77. The van der Waals surface area contributed by atoms with Crippen molar-refractivity contribution in [2.75, 3.05) is 18.9 Å². The molecule has 1 atom stereocenters. The van der Waals surface area contributed by atoms with Gasteiger partial charge in [0.05, 0.1) is 5.56 Å². The van der Waals surface area contributed by atoms with E-state index in [1.165, 1.54) is 20.9 Å². The van der Waals surface area contributed by atoms with Crippen LogP contribution in [-0.4, -0.2) is 24.4 Å². The van der Waals surface area contributed by atoms with Gasteiger partial charge in [0.1, 0.15) is 11.2 Å². The molecule has 0 aliphatic carbocycles. The molecule has 6 heteroatoms. The van der Waals surface area contributed by atoms with Crippen LogP contribution in [0.25, 0.3) is 0 Å². The van der Waals surface area contributed by atoms with Gasteiger partial charge in [-0.05, 0) is 43.0 Å². The van der Waals surface area contributed by atoms with Crippen LogP contribution >= 0.6 is 22.7 Å². The van der Waals surface area contributed by atoms with Gasteiger partial charge in [0.25, 0.3) is 5.91 Å². The maximum absolute atomic E-state index is 12.6. The van der Waals surface area contributed by atoms with E-state index >= 15 is 0 Å². The maximum Gasteiger partial charge on any atom is 0.256 e. The van der Waals surface area contributed by atoms with Crippen LogP contribution in [0.1, 0.15) is 37.4 Å². The Bertz CT molecular complexity index is 719. The number of carbonyl (C=O) groups excluding carboxylic acids is 1. The van der Waals surface area contributed by atoms with Crippen molar-refractivity contribution in [3.63, 3.8) is 0 Å². The number of fused-ring (bicyclic) bond motifs is 3. The SMILES string of the molecule is Cc1ccsc1[C@@H]1NC(=O)c2c(sc3c2CCN(C)C3)N1. The number of hydrogen-bond donors (Lipinski definition) is 2. The lowest BCUT2D eigenvalue weighted by atomic mass is 10.0. The van der Waals surface area contributed by atoms with E-state index in [0.29, 0.717) is 0 Å². The van der Waals surface area contributed by atoms with Crippen molar-refractivity contribution in [2.45, 2.75) is 26.1 Å². The summed E-state index contributed by atoms with van der Waals surface area (Å²) in [7, 11) is 2.13. The molecule has 0 spiro atoms. The number of amides is 1. The lowest BCUT2D eigenvalue weighted by molar-refractivity contribution is 0.0935. The number of carbonyl (C=O) groups is 1. The third-order valence-electron chi connectivity index (χ3n) is 4.19. The smallest absolute Gasteiger partial charge is 0.256 e. The number of anilines is 1. The molecule has 0 unspecified atom stereocenters. The lowest BCUT2D eigenvalue weighted by Crippen LogP contribution is -2.38. The van der Waals surface area contributed by atoms with E-state index in [4.69, 9.17) is 0 Å². The fourth-order valence-corrected chi connectivity index (χ4v) is 5.33. The van der Waals surface area contributed by atoms with E-state index in [9.17, 15) is 4.79 Å². The minimum absolute atomic E-state index is 0.0728. The zero-order chi connectivity index (χ0) is 14.6. The summed E-state index contributed by atoms with van der Waals surface area (Å²) >= 11 is 3.43. The van der Waals surface area contributed by atoms with Gasteiger partial charge in [-0.15, -0.1) is 22.7 Å². The topological polar surface area (TPSA) is 44.4 Å². The number of hydrogen-bond acceptors (Lipinski definition) is 5. The monoisotopic (exact) mass is 319 g/mol. The first kappa shape index (κ1) is 13.3. The molecule has 2 aliphatic heterocycles. The molecule has 21 heavy (non-hydrogen) atoms. The minimum atomic E-state index is -0.0946. The Morgan fingerprint density at radius 2 is 2.24 bits per heavy atom. The van der Waals surface area contributed by atoms with Crippen LogP contribution in [0, 0.1) is 6.92 Å². The summed E-state index contributed by atoms with van der Waals surface area (Å²) in [5, 5.41) is 9.75. The van der Waals surface area contributed by atoms with Gasteiger partial charge < -0.3 is 15.5 Å². The van der Waals surface area contributed by atoms with Crippen LogP contribution < -0.4 is 10.6 Å². The lowest BCUT2D eigenvalue weighted by Gasteiger charge is -2.27. The summed E-state index contributed by atoms with van der Waals surface area (Å²) in [6.07, 6.45) is 0.873. The Labute approximate surface area is 131 Å². The largest absolute Gasteiger partial charge is 0.352 e. The summed E-state index contributed by atoms with van der Waals surface area (Å²) in [5.41, 5.74) is 3.36. The van der Waals surface area contributed by atoms with Gasteiger partial charge in [-0.2, -0.15) is 0 Å². The van der Waals surface area contributed by atoms with E-state index in [1.54, 1.807) is 22.7 Å². The van der Waals surface area contributed by atoms with Crippen molar-refractivity contribution in [3.8, 4) is 0 Å². The molecule has 1 amide bonds. The highest BCUT2D eigenvalue weighted by Gasteiger charge is 2.33. The maximum atomic E-state index is 12.6. The van der Waals surface area contributed by atoms with Crippen LogP contribution in [0.2, 0.25) is 0 Å². The standard InChI is InChI=1S/C15H17N3OS2/c1-8-4-6-20-12(8)13-16-14(19)11-9-3-5-18(2)7-10(9)21-15(11)17-13/h4,6,13,17H,3,5,7H2,1-2H3,(H,16,19)/t13-/m1/s1. The van der Waals surface area contributed by atoms with E-state index in [-0.39, 0.29) is 12.1 Å². The summed E-state index contributed by atoms with van der Waals surface area (Å²) in [6.45, 7) is 4.06. The molecule has 2 aromatic heterocycles. The molecular weight excluding hydrogens is 302 g/mol. The quantitative estimate of drug-likeness (QED) is 0.849. The number of likely N-dealkylation sites (N-methyl/N-ethyl adjacent to an activating group) is 1. The molecule has 0 saturated carbocycles. The van der Waals surface area contributed by atoms with Crippen molar-refractivity contribution in [3.05, 3.63) is 37.9 Å². The summed E-state index contributed by atoms with van der Waals surface area (Å²) < 4.78 is 0. The summed E-state index contributed by atoms with van der Waals surface area (Å²) in [6, 6.07) is 2.09. The van der Waals surface area contributed by atoms with E-state index in [1.807, 2.05) is 0 Å². The Hall–Kier alpha value is -1.37. The zero-order valence-electron chi connectivity index (χ0n) is 12.0. The van der Waals surface area contributed by atoms with E-state index in [2.05, 4.69) is 41.0 Å². The fraction of sp³-hybridized carbons (Fsp3) is 0.400. The molecule has 0 bridgehead atoms. The molecule has 0 aromatic carbocycles.